The highest BCUT2D eigenvalue weighted by molar-refractivity contribution is 9.10. The Labute approximate surface area is 232 Å². The Morgan fingerprint density at radius 2 is 1.58 bits per heavy atom. The van der Waals surface area contributed by atoms with Crippen molar-refractivity contribution in [1.82, 2.24) is 10.2 Å². The van der Waals surface area contributed by atoms with E-state index in [1.807, 2.05) is 38.1 Å². The maximum Gasteiger partial charge on any atom is 0.264 e. The van der Waals surface area contributed by atoms with Crippen molar-refractivity contribution < 1.29 is 22.7 Å². The fraction of sp³-hybridized carbons (Fsp3) is 0.286. The van der Waals surface area contributed by atoms with Crippen molar-refractivity contribution in [2.75, 3.05) is 24.5 Å². The van der Waals surface area contributed by atoms with E-state index in [4.69, 9.17) is 4.74 Å². The number of amides is 2. The first-order valence-electron chi connectivity index (χ1n) is 12.1. The van der Waals surface area contributed by atoms with E-state index >= 15 is 0 Å². The molecule has 2 amide bonds. The molecule has 10 heteroatoms. The van der Waals surface area contributed by atoms with E-state index in [0.29, 0.717) is 18.0 Å². The molecule has 0 aliphatic rings. The van der Waals surface area contributed by atoms with E-state index < -0.39 is 28.5 Å². The summed E-state index contributed by atoms with van der Waals surface area (Å²) in [6.07, 6.45) is 0. The molecular formula is C28H32BrN3O5S. The number of anilines is 1. The number of sulfonamides is 1. The summed E-state index contributed by atoms with van der Waals surface area (Å²) in [5, 5.41) is 2.58. The SMILES string of the molecule is CCOc1ccc(N(CC(=O)N(Cc2ccc(C)cc2)[C@@H](C)C(=O)NC)S(=O)(=O)c2ccc(Br)cc2)cc1. The highest BCUT2D eigenvalue weighted by Gasteiger charge is 2.32. The first-order valence-corrected chi connectivity index (χ1v) is 14.4. The molecular weight excluding hydrogens is 570 g/mol. The second-order valence-electron chi connectivity index (χ2n) is 8.69. The van der Waals surface area contributed by atoms with Crippen molar-refractivity contribution in [2.45, 2.75) is 38.3 Å². The number of nitrogens with one attached hydrogen (secondary N) is 1. The van der Waals surface area contributed by atoms with Gasteiger partial charge in [0.2, 0.25) is 11.8 Å². The quantitative estimate of drug-likeness (QED) is 0.349. The Kier molecular flexibility index (Phi) is 9.93. The summed E-state index contributed by atoms with van der Waals surface area (Å²) in [6, 6.07) is 19.5. The van der Waals surface area contributed by atoms with Crippen molar-refractivity contribution >= 4 is 43.5 Å². The molecule has 0 bridgehead atoms. The molecule has 0 saturated heterocycles. The zero-order valence-corrected chi connectivity index (χ0v) is 24.3. The van der Waals surface area contributed by atoms with E-state index in [-0.39, 0.29) is 17.3 Å². The third kappa shape index (κ3) is 7.14. The minimum absolute atomic E-state index is 0.0341. The smallest absolute Gasteiger partial charge is 0.264 e. The minimum atomic E-state index is -4.13. The van der Waals surface area contributed by atoms with Crippen molar-refractivity contribution in [3.05, 3.63) is 88.4 Å². The fourth-order valence-corrected chi connectivity index (χ4v) is 5.50. The number of benzene rings is 3. The van der Waals surface area contributed by atoms with Gasteiger partial charge in [0, 0.05) is 18.1 Å². The van der Waals surface area contributed by atoms with Gasteiger partial charge >= 0.3 is 0 Å². The van der Waals surface area contributed by atoms with Gasteiger partial charge < -0.3 is 15.0 Å². The molecule has 8 nitrogen and oxygen atoms in total. The number of hydrogen-bond acceptors (Lipinski definition) is 5. The van der Waals surface area contributed by atoms with Crippen molar-refractivity contribution in [2.24, 2.45) is 0 Å². The second kappa shape index (κ2) is 12.9. The predicted molar refractivity (Wildman–Crippen MR) is 152 cm³/mol. The maximum absolute atomic E-state index is 13.8. The Morgan fingerprint density at radius 1 is 0.974 bits per heavy atom. The fourth-order valence-electron chi connectivity index (χ4n) is 3.82. The van der Waals surface area contributed by atoms with E-state index in [1.54, 1.807) is 43.3 Å². The van der Waals surface area contributed by atoms with Crippen LogP contribution in [-0.4, -0.2) is 51.4 Å². The molecule has 0 heterocycles. The molecule has 3 rings (SSSR count). The molecule has 1 atom stereocenters. The van der Waals surface area contributed by atoms with Crippen molar-refractivity contribution in [3.63, 3.8) is 0 Å². The van der Waals surface area contributed by atoms with Crippen LogP contribution in [0.1, 0.15) is 25.0 Å². The zero-order chi connectivity index (χ0) is 27.9. The lowest BCUT2D eigenvalue weighted by Crippen LogP contribution is -2.50. The lowest BCUT2D eigenvalue weighted by Gasteiger charge is -2.31. The van der Waals surface area contributed by atoms with E-state index in [1.165, 1.54) is 24.1 Å². The molecule has 0 saturated carbocycles. The van der Waals surface area contributed by atoms with Crippen LogP contribution in [0.15, 0.2) is 82.2 Å². The zero-order valence-electron chi connectivity index (χ0n) is 21.8. The summed E-state index contributed by atoms with van der Waals surface area (Å²) in [6.45, 7) is 5.54. The van der Waals surface area contributed by atoms with Crippen LogP contribution in [0.5, 0.6) is 5.75 Å². The molecule has 0 spiro atoms. The summed E-state index contributed by atoms with van der Waals surface area (Å²) in [5.41, 5.74) is 2.18. The third-order valence-corrected chi connectivity index (χ3v) is 8.32. The number of halogens is 1. The molecule has 0 radical (unpaired) electrons. The van der Waals surface area contributed by atoms with Crippen LogP contribution >= 0.6 is 15.9 Å². The predicted octanol–water partition coefficient (Wildman–Crippen LogP) is 4.51. The average Bonchev–Trinajstić information content (AvgIpc) is 2.91. The van der Waals surface area contributed by atoms with Crippen LogP contribution in [0.25, 0.3) is 0 Å². The van der Waals surface area contributed by atoms with Crippen LogP contribution in [-0.2, 0) is 26.2 Å². The molecule has 202 valence electrons. The van der Waals surface area contributed by atoms with Crippen LogP contribution in [0, 0.1) is 6.92 Å². The van der Waals surface area contributed by atoms with Gasteiger partial charge in [0.25, 0.3) is 10.0 Å². The molecule has 0 fully saturated rings. The number of likely N-dealkylation sites (N-methyl/N-ethyl adjacent to an activating group) is 1. The van der Waals surface area contributed by atoms with Gasteiger partial charge in [-0.1, -0.05) is 45.8 Å². The average molecular weight is 603 g/mol. The number of aryl methyl sites for hydroxylation is 1. The minimum Gasteiger partial charge on any atom is -0.494 e. The van der Waals surface area contributed by atoms with Crippen LogP contribution in [0.2, 0.25) is 0 Å². The molecule has 1 N–H and O–H groups in total. The number of nitrogens with zero attached hydrogens (tertiary/aromatic N) is 2. The van der Waals surface area contributed by atoms with Crippen molar-refractivity contribution in [3.8, 4) is 5.75 Å². The van der Waals surface area contributed by atoms with Gasteiger partial charge in [0.1, 0.15) is 18.3 Å². The van der Waals surface area contributed by atoms with Gasteiger partial charge in [0.15, 0.2) is 0 Å². The Morgan fingerprint density at radius 3 is 2.13 bits per heavy atom. The highest BCUT2D eigenvalue weighted by atomic mass is 79.9. The summed E-state index contributed by atoms with van der Waals surface area (Å²) in [5.74, 6) is -0.289. The van der Waals surface area contributed by atoms with E-state index in [2.05, 4.69) is 21.2 Å². The van der Waals surface area contributed by atoms with Crippen molar-refractivity contribution in [1.29, 1.82) is 0 Å². The molecule has 0 unspecified atom stereocenters. The Bertz CT molecular complexity index is 1340. The number of hydrogen-bond donors (Lipinski definition) is 1. The molecule has 38 heavy (non-hydrogen) atoms. The summed E-state index contributed by atoms with van der Waals surface area (Å²) >= 11 is 3.33. The van der Waals surface area contributed by atoms with Gasteiger partial charge in [-0.15, -0.1) is 0 Å². The van der Waals surface area contributed by atoms with Gasteiger partial charge in [-0.05, 0) is 74.9 Å². The van der Waals surface area contributed by atoms with Gasteiger partial charge in [0.05, 0.1) is 17.2 Å². The number of carbonyl (C=O) groups excluding carboxylic acids is 2. The molecule has 3 aromatic rings. The lowest BCUT2D eigenvalue weighted by molar-refractivity contribution is -0.139. The molecule has 0 aromatic heterocycles. The summed E-state index contributed by atoms with van der Waals surface area (Å²) in [4.78, 5) is 27.7. The second-order valence-corrected chi connectivity index (χ2v) is 11.5. The Balaban J connectivity index is 2.02. The van der Waals surface area contributed by atoms with E-state index in [9.17, 15) is 18.0 Å². The summed E-state index contributed by atoms with van der Waals surface area (Å²) in [7, 11) is -2.63. The number of ether oxygens (including phenoxy) is 1. The highest BCUT2D eigenvalue weighted by Crippen LogP contribution is 2.27. The van der Waals surface area contributed by atoms with E-state index in [0.717, 1.165) is 19.9 Å². The number of rotatable bonds is 11. The molecule has 0 aliphatic heterocycles. The number of carbonyl (C=O) groups is 2. The summed E-state index contributed by atoms with van der Waals surface area (Å²) < 4.78 is 34.9. The van der Waals surface area contributed by atoms with Gasteiger partial charge in [-0.2, -0.15) is 0 Å². The first kappa shape index (κ1) is 29.2. The van der Waals surface area contributed by atoms with Gasteiger partial charge in [-0.25, -0.2) is 8.42 Å². The third-order valence-electron chi connectivity index (χ3n) is 6.00. The molecule has 0 aliphatic carbocycles. The monoisotopic (exact) mass is 601 g/mol. The topological polar surface area (TPSA) is 96.0 Å². The standard InChI is InChI=1S/C28H32BrN3O5S/c1-5-37-25-14-12-24(13-15-25)32(38(35,36)26-16-10-23(29)11-17-26)19-27(33)31(21(3)28(34)30-4)18-22-8-6-20(2)7-9-22/h6-17,21H,5,18-19H2,1-4H3,(H,30,34)/t21-/m0/s1. The first-order chi connectivity index (χ1) is 18.1. The maximum atomic E-state index is 13.8. The van der Waals surface area contributed by atoms with Gasteiger partial charge in [-0.3, -0.25) is 13.9 Å². The lowest BCUT2D eigenvalue weighted by atomic mass is 10.1. The van der Waals surface area contributed by atoms with Crippen LogP contribution in [0.4, 0.5) is 5.69 Å². The largest absolute Gasteiger partial charge is 0.494 e. The van der Waals surface area contributed by atoms with Crippen LogP contribution in [0.3, 0.4) is 0 Å². The Hall–Kier alpha value is -3.37. The van der Waals surface area contributed by atoms with Crippen LogP contribution < -0.4 is 14.4 Å². The molecule has 3 aromatic carbocycles. The normalized spacial score (nSPS) is 11.9.